The minimum absolute atomic E-state index is 0.126. The van der Waals surface area contributed by atoms with E-state index in [-0.39, 0.29) is 5.56 Å². The van der Waals surface area contributed by atoms with Gasteiger partial charge in [0.1, 0.15) is 23.1 Å². The molecule has 0 aliphatic heterocycles. The van der Waals surface area contributed by atoms with Crippen LogP contribution in [0.1, 0.15) is 17.7 Å². The average molecular weight is 325 g/mol. The number of aromatic nitrogens is 2. The average Bonchev–Trinajstić information content (AvgIpc) is 3.02. The Morgan fingerprint density at radius 2 is 1.75 bits per heavy atom. The molecule has 0 atom stereocenters. The van der Waals surface area contributed by atoms with Crippen molar-refractivity contribution in [3.05, 3.63) is 65.9 Å². The Kier molecular flexibility index (Phi) is 4.25. The van der Waals surface area contributed by atoms with Crippen molar-refractivity contribution >= 4 is 0 Å². The van der Waals surface area contributed by atoms with Crippen LogP contribution in [0.3, 0.4) is 0 Å². The van der Waals surface area contributed by atoms with Crippen LogP contribution < -0.4 is 4.74 Å². The Morgan fingerprint density at radius 1 is 1.08 bits per heavy atom. The molecule has 0 fully saturated rings. The van der Waals surface area contributed by atoms with E-state index in [0.717, 1.165) is 0 Å². The molecule has 2 aromatic carbocycles. The first-order valence-corrected chi connectivity index (χ1v) is 7.16. The van der Waals surface area contributed by atoms with Crippen molar-refractivity contribution in [2.24, 2.45) is 0 Å². The van der Waals surface area contributed by atoms with E-state index in [1.807, 2.05) is 12.1 Å². The fourth-order valence-corrected chi connectivity index (χ4v) is 2.47. The number of hydrogen-bond acceptors (Lipinski definition) is 3. The summed E-state index contributed by atoms with van der Waals surface area (Å²) in [4.78, 5) is 0. The lowest BCUT2D eigenvalue weighted by molar-refractivity contribution is 0.145. The molecule has 24 heavy (non-hydrogen) atoms. The van der Waals surface area contributed by atoms with Crippen molar-refractivity contribution in [1.29, 1.82) is 5.26 Å². The molecule has 0 N–H and O–H groups in total. The van der Waals surface area contributed by atoms with Crippen molar-refractivity contribution in [3.63, 3.8) is 0 Å². The minimum Gasteiger partial charge on any atom is -0.497 e. The van der Waals surface area contributed by atoms with Crippen LogP contribution in [-0.2, 0) is 0 Å². The van der Waals surface area contributed by atoms with Gasteiger partial charge >= 0.3 is 0 Å². The molecule has 0 aliphatic carbocycles. The second-order valence-electron chi connectivity index (χ2n) is 5.00. The van der Waals surface area contributed by atoms with Crippen LogP contribution in [0.5, 0.6) is 5.75 Å². The highest BCUT2D eigenvalue weighted by Gasteiger charge is 2.25. The van der Waals surface area contributed by atoms with Gasteiger partial charge in [0.25, 0.3) is 6.43 Å². The number of alkyl halides is 2. The number of halogens is 2. The second-order valence-corrected chi connectivity index (χ2v) is 5.00. The number of methoxy groups -OCH3 is 1. The van der Waals surface area contributed by atoms with Crippen molar-refractivity contribution in [2.45, 2.75) is 6.43 Å². The largest absolute Gasteiger partial charge is 0.497 e. The predicted molar refractivity (Wildman–Crippen MR) is 85.2 cm³/mol. The van der Waals surface area contributed by atoms with Gasteiger partial charge in [0.05, 0.1) is 18.5 Å². The van der Waals surface area contributed by atoms with Gasteiger partial charge in [0, 0.05) is 5.56 Å². The van der Waals surface area contributed by atoms with Crippen molar-refractivity contribution in [1.82, 2.24) is 9.78 Å². The quantitative estimate of drug-likeness (QED) is 0.716. The topological polar surface area (TPSA) is 50.8 Å². The molecule has 3 aromatic rings. The summed E-state index contributed by atoms with van der Waals surface area (Å²) in [6, 6.07) is 17.6. The summed E-state index contributed by atoms with van der Waals surface area (Å²) in [5, 5.41) is 13.4. The van der Waals surface area contributed by atoms with Crippen LogP contribution in [0.4, 0.5) is 8.78 Å². The van der Waals surface area contributed by atoms with Gasteiger partial charge in [-0.3, -0.25) is 0 Å². The molecule has 1 aromatic heterocycles. The first kappa shape index (κ1) is 15.7. The molecular formula is C18H13F2N3O. The summed E-state index contributed by atoms with van der Waals surface area (Å²) < 4.78 is 33.1. The molecule has 1 heterocycles. The molecule has 4 nitrogen and oxygen atoms in total. The molecule has 120 valence electrons. The van der Waals surface area contributed by atoms with E-state index in [2.05, 4.69) is 5.10 Å². The molecule has 0 bridgehead atoms. The van der Waals surface area contributed by atoms with Gasteiger partial charge in [-0.25, -0.2) is 13.5 Å². The number of hydrogen-bond donors (Lipinski definition) is 0. The predicted octanol–water partition coefficient (Wildman–Crippen LogP) is 4.36. The Hall–Kier alpha value is -3.20. The number of nitrogens with zero attached hydrogens (tertiary/aromatic N) is 3. The zero-order valence-electron chi connectivity index (χ0n) is 12.8. The maximum absolute atomic E-state index is 13.3. The summed E-state index contributed by atoms with van der Waals surface area (Å²) in [7, 11) is 1.54. The summed E-state index contributed by atoms with van der Waals surface area (Å²) in [5.41, 5.74) is 0.898. The fraction of sp³-hybridized carbons (Fsp3) is 0.111. The van der Waals surface area contributed by atoms with Crippen LogP contribution in [0.25, 0.3) is 16.9 Å². The standard InChI is InChI=1S/C18H13F2N3O/c1-24-14-9-7-12(8-10-14)17-15(11-21)16(18(19)20)22-23(17)13-5-3-2-4-6-13/h2-10,18H,1H3. The first-order chi connectivity index (χ1) is 11.7. The Morgan fingerprint density at radius 3 is 2.29 bits per heavy atom. The number of para-hydroxylation sites is 1. The summed E-state index contributed by atoms with van der Waals surface area (Å²) in [6.07, 6.45) is -2.83. The highest BCUT2D eigenvalue weighted by atomic mass is 19.3. The van der Waals surface area contributed by atoms with Crippen LogP contribution in [-0.4, -0.2) is 16.9 Å². The SMILES string of the molecule is COc1ccc(-c2c(C#N)c(C(F)F)nn2-c2ccccc2)cc1. The molecule has 3 rings (SSSR count). The summed E-state index contributed by atoms with van der Waals surface area (Å²) in [6.45, 7) is 0. The van der Waals surface area contributed by atoms with Gasteiger partial charge in [0.2, 0.25) is 0 Å². The molecule has 0 spiro atoms. The minimum atomic E-state index is -2.83. The molecule has 0 saturated carbocycles. The molecule has 0 saturated heterocycles. The third kappa shape index (κ3) is 2.72. The smallest absolute Gasteiger partial charge is 0.283 e. The van der Waals surface area contributed by atoms with Crippen LogP contribution >= 0.6 is 0 Å². The molecule has 0 unspecified atom stereocenters. The van der Waals surface area contributed by atoms with E-state index in [0.29, 0.717) is 22.7 Å². The second kappa shape index (κ2) is 6.50. The van der Waals surface area contributed by atoms with Crippen molar-refractivity contribution < 1.29 is 13.5 Å². The Bertz CT molecular complexity index is 881. The molecular weight excluding hydrogens is 312 g/mol. The number of rotatable bonds is 4. The van der Waals surface area contributed by atoms with Gasteiger partial charge in [-0.2, -0.15) is 10.4 Å². The summed E-state index contributed by atoms with van der Waals surface area (Å²) >= 11 is 0. The highest BCUT2D eigenvalue weighted by molar-refractivity contribution is 5.71. The monoisotopic (exact) mass is 325 g/mol. The van der Waals surface area contributed by atoms with E-state index in [4.69, 9.17) is 4.74 Å². The van der Waals surface area contributed by atoms with Crippen LogP contribution in [0, 0.1) is 11.3 Å². The van der Waals surface area contributed by atoms with Crippen molar-refractivity contribution in [2.75, 3.05) is 7.11 Å². The molecule has 0 amide bonds. The Labute approximate surface area is 137 Å². The Balaban J connectivity index is 2.27. The van der Waals surface area contributed by atoms with E-state index in [1.165, 1.54) is 4.68 Å². The van der Waals surface area contributed by atoms with Crippen LogP contribution in [0.2, 0.25) is 0 Å². The lowest BCUT2D eigenvalue weighted by Gasteiger charge is -2.08. The highest BCUT2D eigenvalue weighted by Crippen LogP contribution is 2.33. The number of ether oxygens (including phenoxy) is 1. The van der Waals surface area contributed by atoms with Crippen LogP contribution in [0.15, 0.2) is 54.6 Å². The normalized spacial score (nSPS) is 10.6. The van der Waals surface area contributed by atoms with E-state index in [1.54, 1.807) is 55.6 Å². The van der Waals surface area contributed by atoms with E-state index < -0.39 is 12.1 Å². The maximum atomic E-state index is 13.3. The maximum Gasteiger partial charge on any atom is 0.283 e. The summed E-state index contributed by atoms with van der Waals surface area (Å²) in [5.74, 6) is 0.636. The lowest BCUT2D eigenvalue weighted by atomic mass is 10.1. The van der Waals surface area contributed by atoms with E-state index in [9.17, 15) is 14.0 Å². The third-order valence-corrected chi connectivity index (χ3v) is 3.60. The van der Waals surface area contributed by atoms with Gasteiger partial charge in [-0.1, -0.05) is 18.2 Å². The van der Waals surface area contributed by atoms with E-state index >= 15 is 0 Å². The van der Waals surface area contributed by atoms with Gasteiger partial charge in [0.15, 0.2) is 0 Å². The zero-order valence-corrected chi connectivity index (χ0v) is 12.8. The van der Waals surface area contributed by atoms with Gasteiger partial charge in [-0.15, -0.1) is 0 Å². The zero-order chi connectivity index (χ0) is 17.1. The molecule has 0 radical (unpaired) electrons. The fourth-order valence-electron chi connectivity index (χ4n) is 2.47. The van der Waals surface area contributed by atoms with Gasteiger partial charge in [-0.05, 0) is 36.4 Å². The number of benzene rings is 2. The molecule has 6 heteroatoms. The third-order valence-electron chi connectivity index (χ3n) is 3.60. The number of nitriles is 1. The van der Waals surface area contributed by atoms with Crippen molar-refractivity contribution in [3.8, 4) is 28.8 Å². The lowest BCUT2D eigenvalue weighted by Crippen LogP contribution is -1.99. The molecule has 0 aliphatic rings. The first-order valence-electron chi connectivity index (χ1n) is 7.16. The van der Waals surface area contributed by atoms with Gasteiger partial charge < -0.3 is 4.74 Å².